The molecule has 13 heteroatoms. The van der Waals surface area contributed by atoms with Gasteiger partial charge in [-0.15, -0.1) is 0 Å². The number of aliphatic hydroxyl groups is 1. The highest BCUT2D eigenvalue weighted by Gasteiger charge is 2.37. The Kier molecular flexibility index (Phi) is 21.3. The maximum atomic E-state index is 14.0. The number of aliphatic hydroxyl groups excluding tert-OH is 1. The van der Waals surface area contributed by atoms with Crippen LogP contribution in [0, 0.1) is 17.8 Å². The summed E-state index contributed by atoms with van der Waals surface area (Å²) >= 11 is 0. The number of amides is 5. The van der Waals surface area contributed by atoms with E-state index in [0.29, 0.717) is 19.3 Å². The van der Waals surface area contributed by atoms with Crippen molar-refractivity contribution in [2.24, 2.45) is 23.5 Å². The summed E-state index contributed by atoms with van der Waals surface area (Å²) in [6.07, 6.45) is 8.90. The van der Waals surface area contributed by atoms with Crippen molar-refractivity contribution in [2.75, 3.05) is 26.7 Å². The Morgan fingerprint density at radius 3 is 1.98 bits per heavy atom. The van der Waals surface area contributed by atoms with Crippen LogP contribution in [0.2, 0.25) is 0 Å². The first-order valence-electron chi connectivity index (χ1n) is 18.6. The highest BCUT2D eigenvalue weighted by molar-refractivity contribution is 5.96. The molecule has 1 fully saturated rings. The molecule has 1 aliphatic heterocycles. The minimum absolute atomic E-state index is 0.0685. The first kappa shape index (κ1) is 44.3. The third-order valence-electron chi connectivity index (χ3n) is 9.56. The molecular weight excluding hydrogens is 628 g/mol. The molecule has 284 valence electrons. The summed E-state index contributed by atoms with van der Waals surface area (Å²) < 4.78 is 6.23. The van der Waals surface area contributed by atoms with Crippen LogP contribution in [-0.4, -0.2) is 103 Å². The summed E-state index contributed by atoms with van der Waals surface area (Å²) in [4.78, 5) is 69.2. The minimum atomic E-state index is -1.32. The molecule has 0 aromatic heterocycles. The zero-order valence-corrected chi connectivity index (χ0v) is 31.5. The van der Waals surface area contributed by atoms with E-state index in [4.69, 9.17) is 10.5 Å². The molecule has 0 aromatic carbocycles. The summed E-state index contributed by atoms with van der Waals surface area (Å²) in [6, 6.07) is -4.42. The molecule has 1 aliphatic rings. The van der Waals surface area contributed by atoms with Crippen LogP contribution in [0.4, 0.5) is 0 Å². The van der Waals surface area contributed by atoms with E-state index in [9.17, 15) is 29.1 Å². The second-order valence-electron chi connectivity index (χ2n) is 14.2. The van der Waals surface area contributed by atoms with E-state index in [-0.39, 0.29) is 37.4 Å². The third-order valence-corrected chi connectivity index (χ3v) is 9.56. The molecule has 49 heavy (non-hydrogen) atoms. The molecule has 8 atom stereocenters. The van der Waals surface area contributed by atoms with Gasteiger partial charge in [0.15, 0.2) is 0 Å². The number of likely N-dealkylation sites (N-methyl/N-ethyl adjacent to an activating group) is 1. The quantitative estimate of drug-likeness (QED) is 0.141. The minimum Gasteiger partial charge on any atom is -0.391 e. The number of nitrogens with zero attached hydrogens (tertiary/aromatic N) is 1. The van der Waals surface area contributed by atoms with Crippen LogP contribution in [0.3, 0.4) is 0 Å². The second kappa shape index (κ2) is 23.6. The third kappa shape index (κ3) is 15.3. The van der Waals surface area contributed by atoms with E-state index < -0.39 is 65.9 Å². The summed E-state index contributed by atoms with van der Waals surface area (Å²) in [5.41, 5.74) is 5.86. The summed E-state index contributed by atoms with van der Waals surface area (Å²) in [7, 11) is 1.62. The van der Waals surface area contributed by atoms with E-state index in [1.54, 1.807) is 14.0 Å². The van der Waals surface area contributed by atoms with Crippen molar-refractivity contribution in [3.8, 4) is 0 Å². The van der Waals surface area contributed by atoms with Crippen molar-refractivity contribution >= 4 is 29.5 Å². The maximum Gasteiger partial charge on any atom is 0.245 e. The Morgan fingerprint density at radius 1 is 0.837 bits per heavy atom. The van der Waals surface area contributed by atoms with Gasteiger partial charge in [-0.25, -0.2) is 0 Å². The van der Waals surface area contributed by atoms with Crippen molar-refractivity contribution in [1.29, 1.82) is 0 Å². The first-order valence-corrected chi connectivity index (χ1v) is 18.6. The Morgan fingerprint density at radius 2 is 1.43 bits per heavy atom. The van der Waals surface area contributed by atoms with E-state index in [2.05, 4.69) is 28.2 Å². The predicted molar refractivity (Wildman–Crippen MR) is 191 cm³/mol. The summed E-state index contributed by atoms with van der Waals surface area (Å²) in [5, 5.41) is 21.0. The number of nitrogens with two attached hydrogens (primary N) is 1. The van der Waals surface area contributed by atoms with Gasteiger partial charge < -0.3 is 41.7 Å². The average molecular weight is 697 g/mol. The lowest BCUT2D eigenvalue weighted by atomic mass is 9.94. The van der Waals surface area contributed by atoms with Gasteiger partial charge >= 0.3 is 0 Å². The maximum absolute atomic E-state index is 14.0. The summed E-state index contributed by atoms with van der Waals surface area (Å²) in [6.45, 7) is 12.9. The standard InChI is InChI=1S/C36H68N6O7/c1-9-11-12-13-14-15-16-17-18-29-25(6)36(48)42(8)28(21-23(3)4)33(45)40-30(24(5)10-2)35(47)39-27(22-37)32(44)41-31(26(7)43)34(46)38-19-20-49-29/h23-31,43H,9-22,37H2,1-8H3,(H,38,46)(H,39,47)(H,40,45)(H,41,44)/t24?,25-,26?,27+,28+,29-,30+,31+/m1/s1. The number of nitrogens with one attached hydrogen (secondary N) is 4. The second-order valence-corrected chi connectivity index (χ2v) is 14.2. The van der Waals surface area contributed by atoms with E-state index in [1.807, 2.05) is 27.7 Å². The molecule has 2 unspecified atom stereocenters. The number of ether oxygens (including phenoxy) is 1. The number of carbonyl (C=O) groups excluding carboxylic acids is 5. The number of hydrogen-bond acceptors (Lipinski definition) is 8. The topological polar surface area (TPSA) is 192 Å². The molecule has 0 radical (unpaired) electrons. The SMILES string of the molecule is CCCCCCCCCC[C@H]1OCCNC(=O)[C@H](C(C)O)NC(=O)[C@H](CN)NC(=O)[C@H](C(C)CC)NC(=O)[C@H](CC(C)C)N(C)C(=O)[C@@H]1C. The van der Waals surface area contributed by atoms with Crippen molar-refractivity contribution in [3.63, 3.8) is 0 Å². The molecule has 0 bridgehead atoms. The Labute approximate surface area is 295 Å². The Hall–Kier alpha value is -2.77. The van der Waals surface area contributed by atoms with E-state index in [0.717, 1.165) is 19.3 Å². The van der Waals surface area contributed by atoms with Gasteiger partial charge in [-0.05, 0) is 31.6 Å². The molecular formula is C36H68N6O7. The predicted octanol–water partition coefficient (Wildman–Crippen LogP) is 2.38. The summed E-state index contributed by atoms with van der Waals surface area (Å²) in [5.74, 6) is -3.54. The fraction of sp³-hybridized carbons (Fsp3) is 0.861. The van der Waals surface area contributed by atoms with Crippen LogP contribution in [0.5, 0.6) is 0 Å². The van der Waals surface area contributed by atoms with Gasteiger partial charge in [-0.1, -0.05) is 99.3 Å². The van der Waals surface area contributed by atoms with Crippen LogP contribution >= 0.6 is 0 Å². The fourth-order valence-electron chi connectivity index (χ4n) is 6.08. The van der Waals surface area contributed by atoms with Gasteiger partial charge in [-0.3, -0.25) is 24.0 Å². The molecule has 1 saturated heterocycles. The van der Waals surface area contributed by atoms with Crippen LogP contribution in [0.15, 0.2) is 0 Å². The zero-order chi connectivity index (χ0) is 37.1. The van der Waals surface area contributed by atoms with Gasteiger partial charge in [0.1, 0.15) is 24.2 Å². The van der Waals surface area contributed by atoms with Crippen LogP contribution in [0.1, 0.15) is 119 Å². The molecule has 0 saturated carbocycles. The average Bonchev–Trinajstić information content (AvgIpc) is 3.06. The van der Waals surface area contributed by atoms with Crippen LogP contribution < -0.4 is 27.0 Å². The molecule has 0 aromatic rings. The molecule has 1 heterocycles. The largest absolute Gasteiger partial charge is 0.391 e. The van der Waals surface area contributed by atoms with Gasteiger partial charge in [0, 0.05) is 20.1 Å². The van der Waals surface area contributed by atoms with E-state index in [1.165, 1.54) is 43.9 Å². The lowest BCUT2D eigenvalue weighted by Crippen LogP contribution is -2.62. The monoisotopic (exact) mass is 697 g/mol. The zero-order valence-electron chi connectivity index (χ0n) is 31.5. The van der Waals surface area contributed by atoms with Crippen molar-refractivity contribution in [1.82, 2.24) is 26.2 Å². The highest BCUT2D eigenvalue weighted by atomic mass is 16.5. The van der Waals surface area contributed by atoms with Gasteiger partial charge in [0.2, 0.25) is 29.5 Å². The molecule has 0 spiro atoms. The molecule has 0 aliphatic carbocycles. The Bertz CT molecular complexity index is 1030. The normalized spacial score (nSPS) is 26.9. The van der Waals surface area contributed by atoms with Crippen LogP contribution in [-0.2, 0) is 28.7 Å². The van der Waals surface area contributed by atoms with Gasteiger partial charge in [-0.2, -0.15) is 0 Å². The molecule has 5 amide bonds. The van der Waals surface area contributed by atoms with Gasteiger partial charge in [0.25, 0.3) is 0 Å². The smallest absolute Gasteiger partial charge is 0.245 e. The van der Waals surface area contributed by atoms with Crippen LogP contribution in [0.25, 0.3) is 0 Å². The van der Waals surface area contributed by atoms with Gasteiger partial charge in [0.05, 0.1) is 24.7 Å². The number of carbonyl (C=O) groups is 5. The van der Waals surface area contributed by atoms with Crippen molar-refractivity contribution < 1.29 is 33.8 Å². The first-order chi connectivity index (χ1) is 23.2. The van der Waals surface area contributed by atoms with Crippen molar-refractivity contribution in [3.05, 3.63) is 0 Å². The lowest BCUT2D eigenvalue weighted by Gasteiger charge is -2.34. The fourth-order valence-corrected chi connectivity index (χ4v) is 6.08. The number of hydrogen-bond donors (Lipinski definition) is 6. The number of unbranched alkanes of at least 4 members (excludes halogenated alkanes) is 7. The van der Waals surface area contributed by atoms with E-state index >= 15 is 0 Å². The lowest BCUT2D eigenvalue weighted by molar-refractivity contribution is -0.147. The highest BCUT2D eigenvalue weighted by Crippen LogP contribution is 2.22. The molecule has 1 rings (SSSR count). The molecule has 13 nitrogen and oxygen atoms in total. The number of rotatable bonds is 15. The Balaban J connectivity index is 3.42. The van der Waals surface area contributed by atoms with Crippen molar-refractivity contribution in [2.45, 2.75) is 155 Å². The molecule has 7 N–H and O–H groups in total.